The van der Waals surface area contributed by atoms with Crippen LogP contribution in [0, 0.1) is 0 Å². The fourth-order valence-corrected chi connectivity index (χ4v) is 2.81. The molecule has 0 radical (unpaired) electrons. The molecule has 2 N–H and O–H groups in total. The number of carbonyl (C=O) groups excluding carboxylic acids is 1. The summed E-state index contributed by atoms with van der Waals surface area (Å²) in [6, 6.07) is 0.307. The van der Waals surface area contributed by atoms with Crippen LogP contribution in [0.25, 0.3) is 0 Å². The van der Waals surface area contributed by atoms with Crippen molar-refractivity contribution in [2.24, 2.45) is 0 Å². The molecular formula is C14H27N3O2. The van der Waals surface area contributed by atoms with E-state index in [4.69, 9.17) is 4.74 Å². The number of nitrogens with one attached hydrogen (secondary N) is 2. The third-order valence-corrected chi connectivity index (χ3v) is 4.24. The standard InChI is InChI=1S/C14H27N3O2/c1-11(14(18)16-12-5-3-4-6-12)17(2)10-13-9-15-7-8-19-13/h11-13,15H,3-10H2,1-2H3,(H,16,18). The molecule has 1 amide bonds. The van der Waals surface area contributed by atoms with Gasteiger partial charge in [0, 0.05) is 25.7 Å². The Kier molecular flexibility index (Phi) is 5.60. The summed E-state index contributed by atoms with van der Waals surface area (Å²) in [5.74, 6) is 0.151. The van der Waals surface area contributed by atoms with Gasteiger partial charge < -0.3 is 15.4 Å². The van der Waals surface area contributed by atoms with Gasteiger partial charge in [-0.2, -0.15) is 0 Å². The Balaban J connectivity index is 1.73. The van der Waals surface area contributed by atoms with E-state index in [0.29, 0.717) is 6.04 Å². The van der Waals surface area contributed by atoms with E-state index in [1.165, 1.54) is 12.8 Å². The van der Waals surface area contributed by atoms with Crippen LogP contribution in [0.4, 0.5) is 0 Å². The summed E-state index contributed by atoms with van der Waals surface area (Å²) in [6.07, 6.45) is 4.96. The quantitative estimate of drug-likeness (QED) is 0.756. The zero-order valence-corrected chi connectivity index (χ0v) is 12.2. The van der Waals surface area contributed by atoms with Gasteiger partial charge in [-0.15, -0.1) is 0 Å². The SMILES string of the molecule is CC(C(=O)NC1CCCC1)N(C)CC1CNCCO1. The molecule has 5 heteroatoms. The highest BCUT2D eigenvalue weighted by Gasteiger charge is 2.25. The molecule has 1 saturated carbocycles. The molecule has 0 spiro atoms. The minimum absolute atomic E-state index is 0.0915. The molecule has 2 aliphatic rings. The predicted octanol–water partition coefficient (Wildman–Crippen LogP) is 0.354. The van der Waals surface area contributed by atoms with E-state index in [1.54, 1.807) is 0 Å². The Labute approximate surface area is 116 Å². The van der Waals surface area contributed by atoms with Crippen LogP contribution < -0.4 is 10.6 Å². The van der Waals surface area contributed by atoms with E-state index in [1.807, 2.05) is 14.0 Å². The summed E-state index contributed by atoms with van der Waals surface area (Å²) < 4.78 is 5.68. The molecule has 1 aliphatic carbocycles. The summed E-state index contributed by atoms with van der Waals surface area (Å²) >= 11 is 0. The van der Waals surface area contributed by atoms with Crippen molar-refractivity contribution in [3.05, 3.63) is 0 Å². The molecule has 0 aromatic heterocycles. The zero-order chi connectivity index (χ0) is 13.7. The number of carbonyl (C=O) groups is 1. The van der Waals surface area contributed by atoms with Crippen molar-refractivity contribution in [1.82, 2.24) is 15.5 Å². The molecule has 1 saturated heterocycles. The summed E-state index contributed by atoms with van der Waals surface area (Å²) in [7, 11) is 2.00. The minimum atomic E-state index is -0.0915. The lowest BCUT2D eigenvalue weighted by atomic mass is 10.2. The maximum Gasteiger partial charge on any atom is 0.237 e. The van der Waals surface area contributed by atoms with Gasteiger partial charge in [-0.3, -0.25) is 9.69 Å². The first-order valence-corrected chi connectivity index (χ1v) is 7.49. The average molecular weight is 269 g/mol. The lowest BCUT2D eigenvalue weighted by Gasteiger charge is -2.31. The first-order valence-electron chi connectivity index (χ1n) is 7.49. The fourth-order valence-electron chi connectivity index (χ4n) is 2.81. The van der Waals surface area contributed by atoms with Crippen LogP contribution in [0.1, 0.15) is 32.6 Å². The number of likely N-dealkylation sites (N-methyl/N-ethyl adjacent to an activating group) is 1. The monoisotopic (exact) mass is 269 g/mol. The van der Waals surface area contributed by atoms with Gasteiger partial charge in [0.1, 0.15) is 0 Å². The maximum atomic E-state index is 12.2. The lowest BCUT2D eigenvalue weighted by molar-refractivity contribution is -0.126. The number of amides is 1. The number of morpholine rings is 1. The first-order chi connectivity index (χ1) is 9.16. The van der Waals surface area contributed by atoms with Crippen LogP contribution in [0.3, 0.4) is 0 Å². The molecule has 2 rings (SSSR count). The summed E-state index contributed by atoms with van der Waals surface area (Å²) in [4.78, 5) is 14.3. The predicted molar refractivity (Wildman–Crippen MR) is 75.1 cm³/mol. The Hall–Kier alpha value is -0.650. The van der Waals surface area contributed by atoms with Crippen molar-refractivity contribution in [3.63, 3.8) is 0 Å². The molecule has 1 aliphatic heterocycles. The van der Waals surface area contributed by atoms with Crippen molar-refractivity contribution in [2.75, 3.05) is 33.3 Å². The van der Waals surface area contributed by atoms with Crippen LogP contribution in [0.2, 0.25) is 0 Å². The normalized spacial score (nSPS) is 26.6. The molecule has 2 atom stereocenters. The number of rotatable bonds is 5. The molecule has 2 unspecified atom stereocenters. The number of hydrogen-bond donors (Lipinski definition) is 2. The summed E-state index contributed by atoms with van der Waals surface area (Å²) in [5.41, 5.74) is 0. The molecule has 0 bridgehead atoms. The van der Waals surface area contributed by atoms with E-state index in [9.17, 15) is 4.79 Å². The minimum Gasteiger partial charge on any atom is -0.374 e. The highest BCUT2D eigenvalue weighted by atomic mass is 16.5. The van der Waals surface area contributed by atoms with E-state index in [0.717, 1.165) is 39.1 Å². The van der Waals surface area contributed by atoms with Crippen molar-refractivity contribution < 1.29 is 9.53 Å². The van der Waals surface area contributed by atoms with E-state index in [-0.39, 0.29) is 18.1 Å². The van der Waals surface area contributed by atoms with Gasteiger partial charge in [-0.1, -0.05) is 12.8 Å². The van der Waals surface area contributed by atoms with Gasteiger partial charge in [0.25, 0.3) is 0 Å². The second kappa shape index (κ2) is 7.22. The smallest absolute Gasteiger partial charge is 0.237 e. The topological polar surface area (TPSA) is 53.6 Å². The van der Waals surface area contributed by atoms with Gasteiger partial charge >= 0.3 is 0 Å². The number of hydrogen-bond acceptors (Lipinski definition) is 4. The van der Waals surface area contributed by atoms with E-state index in [2.05, 4.69) is 15.5 Å². The van der Waals surface area contributed by atoms with Crippen LogP contribution >= 0.6 is 0 Å². The van der Waals surface area contributed by atoms with Crippen LogP contribution in [0.15, 0.2) is 0 Å². The van der Waals surface area contributed by atoms with Crippen LogP contribution in [-0.4, -0.2) is 62.3 Å². The zero-order valence-electron chi connectivity index (χ0n) is 12.2. The van der Waals surface area contributed by atoms with Gasteiger partial charge in [-0.05, 0) is 26.8 Å². The van der Waals surface area contributed by atoms with Crippen LogP contribution in [0.5, 0.6) is 0 Å². The van der Waals surface area contributed by atoms with Crippen molar-refractivity contribution in [2.45, 2.75) is 50.8 Å². The Bertz CT molecular complexity index is 286. The van der Waals surface area contributed by atoms with Crippen LogP contribution in [-0.2, 0) is 9.53 Å². The molecule has 5 nitrogen and oxygen atoms in total. The van der Waals surface area contributed by atoms with Crippen molar-refractivity contribution in [3.8, 4) is 0 Å². The van der Waals surface area contributed by atoms with Crippen molar-refractivity contribution in [1.29, 1.82) is 0 Å². The third-order valence-electron chi connectivity index (χ3n) is 4.24. The number of ether oxygens (including phenoxy) is 1. The second-order valence-electron chi connectivity index (χ2n) is 5.80. The average Bonchev–Trinajstić information content (AvgIpc) is 2.91. The fraction of sp³-hybridized carbons (Fsp3) is 0.929. The highest BCUT2D eigenvalue weighted by Crippen LogP contribution is 2.17. The van der Waals surface area contributed by atoms with Crippen molar-refractivity contribution >= 4 is 5.91 Å². The largest absolute Gasteiger partial charge is 0.374 e. The highest BCUT2D eigenvalue weighted by molar-refractivity contribution is 5.81. The van der Waals surface area contributed by atoms with Gasteiger partial charge in [-0.25, -0.2) is 0 Å². The molecule has 19 heavy (non-hydrogen) atoms. The molecule has 0 aromatic carbocycles. The first kappa shape index (κ1) is 14.8. The maximum absolute atomic E-state index is 12.2. The molecular weight excluding hydrogens is 242 g/mol. The third kappa shape index (κ3) is 4.44. The second-order valence-corrected chi connectivity index (χ2v) is 5.80. The van der Waals surface area contributed by atoms with E-state index < -0.39 is 0 Å². The lowest BCUT2D eigenvalue weighted by Crippen LogP contribution is -2.51. The molecule has 110 valence electrons. The van der Waals surface area contributed by atoms with E-state index >= 15 is 0 Å². The van der Waals surface area contributed by atoms with Gasteiger partial charge in [0.15, 0.2) is 0 Å². The Morgan fingerprint density at radius 3 is 2.84 bits per heavy atom. The van der Waals surface area contributed by atoms with Gasteiger partial charge in [0.05, 0.1) is 18.8 Å². The Morgan fingerprint density at radius 2 is 2.21 bits per heavy atom. The molecule has 2 fully saturated rings. The number of nitrogens with zero attached hydrogens (tertiary/aromatic N) is 1. The van der Waals surface area contributed by atoms with Gasteiger partial charge in [0.2, 0.25) is 5.91 Å². The molecule has 1 heterocycles. The Morgan fingerprint density at radius 1 is 1.47 bits per heavy atom. The molecule has 0 aromatic rings. The summed E-state index contributed by atoms with van der Waals surface area (Å²) in [6.45, 7) is 5.34. The summed E-state index contributed by atoms with van der Waals surface area (Å²) in [5, 5.41) is 6.47.